The average Bonchev–Trinajstić information content (AvgIpc) is 2.54. The number of urea groups is 1. The molecule has 2 aromatic carbocycles. The molecule has 0 spiro atoms. The van der Waals surface area contributed by atoms with Crippen molar-refractivity contribution in [2.75, 3.05) is 18.5 Å². The second-order valence-corrected chi connectivity index (χ2v) is 5.74. The van der Waals surface area contributed by atoms with E-state index < -0.39 is 0 Å². The monoisotopic (exact) mass is 312 g/mol. The van der Waals surface area contributed by atoms with Gasteiger partial charge in [0.1, 0.15) is 12.4 Å². The number of amides is 2. The third-order valence-corrected chi connectivity index (χ3v) is 3.58. The van der Waals surface area contributed by atoms with Gasteiger partial charge >= 0.3 is 6.03 Å². The zero-order chi connectivity index (χ0) is 16.7. The third-order valence-electron chi connectivity index (χ3n) is 3.58. The number of ether oxygens (including phenoxy) is 1. The van der Waals surface area contributed by atoms with E-state index in [0.717, 1.165) is 17.0 Å². The molecule has 0 saturated heterocycles. The van der Waals surface area contributed by atoms with Crippen LogP contribution >= 0.6 is 0 Å². The van der Waals surface area contributed by atoms with Gasteiger partial charge in [0.25, 0.3) is 0 Å². The number of carbonyl (C=O) groups is 1. The van der Waals surface area contributed by atoms with Crippen LogP contribution in [0.4, 0.5) is 10.5 Å². The smallest absolute Gasteiger partial charge is 0.319 e. The van der Waals surface area contributed by atoms with Gasteiger partial charge in [-0.2, -0.15) is 0 Å². The maximum Gasteiger partial charge on any atom is 0.319 e. The second kappa shape index (κ2) is 8.22. The average molecular weight is 312 g/mol. The Balaban J connectivity index is 1.78. The van der Waals surface area contributed by atoms with E-state index in [4.69, 9.17) is 4.74 Å². The van der Waals surface area contributed by atoms with E-state index in [1.165, 1.54) is 5.56 Å². The van der Waals surface area contributed by atoms with E-state index >= 15 is 0 Å². The molecule has 2 amide bonds. The van der Waals surface area contributed by atoms with E-state index in [9.17, 15) is 4.79 Å². The number of hydrogen-bond acceptors (Lipinski definition) is 2. The highest BCUT2D eigenvalue weighted by Gasteiger charge is 2.07. The SMILES string of the molecule is Cc1ccccc1NC(=O)NCCOc1ccccc1C(C)C. The summed E-state index contributed by atoms with van der Waals surface area (Å²) in [5, 5.41) is 5.64. The Morgan fingerprint density at radius 2 is 1.78 bits per heavy atom. The van der Waals surface area contributed by atoms with Gasteiger partial charge in [0.2, 0.25) is 0 Å². The maximum absolute atomic E-state index is 11.9. The topological polar surface area (TPSA) is 50.4 Å². The first-order valence-electron chi connectivity index (χ1n) is 7.90. The molecular formula is C19H24N2O2. The van der Waals surface area contributed by atoms with Gasteiger partial charge in [-0.1, -0.05) is 50.2 Å². The molecule has 0 aromatic heterocycles. The van der Waals surface area contributed by atoms with Crippen LogP contribution in [-0.4, -0.2) is 19.2 Å². The molecule has 4 nitrogen and oxygen atoms in total. The summed E-state index contributed by atoms with van der Waals surface area (Å²) in [6.45, 7) is 7.11. The molecule has 0 bridgehead atoms. The third kappa shape index (κ3) is 5.02. The lowest BCUT2D eigenvalue weighted by molar-refractivity contribution is 0.247. The number of hydrogen-bond donors (Lipinski definition) is 2. The summed E-state index contributed by atoms with van der Waals surface area (Å²) in [5.41, 5.74) is 3.03. The van der Waals surface area contributed by atoms with Crippen molar-refractivity contribution in [3.63, 3.8) is 0 Å². The first-order chi connectivity index (χ1) is 11.1. The van der Waals surface area contributed by atoms with Gasteiger partial charge in [-0.3, -0.25) is 0 Å². The van der Waals surface area contributed by atoms with Crippen molar-refractivity contribution in [1.82, 2.24) is 5.32 Å². The Morgan fingerprint density at radius 1 is 1.09 bits per heavy atom. The van der Waals surface area contributed by atoms with Crippen molar-refractivity contribution in [2.24, 2.45) is 0 Å². The molecule has 0 saturated carbocycles. The van der Waals surface area contributed by atoms with Gasteiger partial charge in [0.15, 0.2) is 0 Å². The van der Waals surface area contributed by atoms with Crippen LogP contribution in [0.2, 0.25) is 0 Å². The number of para-hydroxylation sites is 2. The molecule has 2 rings (SSSR count). The normalized spacial score (nSPS) is 10.4. The molecule has 122 valence electrons. The fourth-order valence-corrected chi connectivity index (χ4v) is 2.29. The van der Waals surface area contributed by atoms with E-state index in [0.29, 0.717) is 19.1 Å². The predicted octanol–water partition coefficient (Wildman–Crippen LogP) is 4.32. The molecule has 0 heterocycles. The second-order valence-electron chi connectivity index (χ2n) is 5.74. The van der Waals surface area contributed by atoms with Gasteiger partial charge < -0.3 is 15.4 Å². The Morgan fingerprint density at radius 3 is 2.52 bits per heavy atom. The summed E-state index contributed by atoms with van der Waals surface area (Å²) < 4.78 is 5.78. The summed E-state index contributed by atoms with van der Waals surface area (Å²) in [6.07, 6.45) is 0. The van der Waals surface area contributed by atoms with E-state index in [2.05, 4.69) is 30.5 Å². The quantitative estimate of drug-likeness (QED) is 0.781. The molecule has 2 aromatic rings. The summed E-state index contributed by atoms with van der Waals surface area (Å²) in [7, 11) is 0. The summed E-state index contributed by atoms with van der Waals surface area (Å²) in [5.74, 6) is 1.28. The molecule has 0 aliphatic rings. The standard InChI is InChI=1S/C19H24N2O2/c1-14(2)16-9-5-7-11-18(16)23-13-12-20-19(22)21-17-10-6-4-8-15(17)3/h4-11,14H,12-13H2,1-3H3,(H2,20,21,22). The number of aryl methyl sites for hydroxylation is 1. The molecule has 0 aliphatic heterocycles. The molecule has 23 heavy (non-hydrogen) atoms. The van der Waals surface area contributed by atoms with Gasteiger partial charge in [-0.25, -0.2) is 4.79 Å². The van der Waals surface area contributed by atoms with Gasteiger partial charge in [-0.05, 0) is 36.1 Å². The van der Waals surface area contributed by atoms with Crippen LogP contribution in [-0.2, 0) is 0 Å². The molecule has 0 fully saturated rings. The molecule has 0 unspecified atom stereocenters. The van der Waals surface area contributed by atoms with Crippen molar-refractivity contribution >= 4 is 11.7 Å². The Hall–Kier alpha value is -2.49. The highest BCUT2D eigenvalue weighted by molar-refractivity contribution is 5.89. The molecule has 4 heteroatoms. The van der Waals surface area contributed by atoms with Gasteiger partial charge in [-0.15, -0.1) is 0 Å². The Labute approximate surface area is 137 Å². The van der Waals surface area contributed by atoms with E-state index in [1.54, 1.807) is 0 Å². The fraction of sp³-hybridized carbons (Fsp3) is 0.316. The minimum absolute atomic E-state index is 0.222. The van der Waals surface area contributed by atoms with Crippen LogP contribution < -0.4 is 15.4 Å². The van der Waals surface area contributed by atoms with E-state index in [-0.39, 0.29) is 6.03 Å². The highest BCUT2D eigenvalue weighted by Crippen LogP contribution is 2.25. The zero-order valence-electron chi connectivity index (χ0n) is 13.9. The van der Waals surface area contributed by atoms with Crippen LogP contribution in [0.1, 0.15) is 30.9 Å². The van der Waals surface area contributed by atoms with Crippen molar-refractivity contribution in [2.45, 2.75) is 26.7 Å². The largest absolute Gasteiger partial charge is 0.491 e. The zero-order valence-corrected chi connectivity index (χ0v) is 13.9. The number of anilines is 1. The van der Waals surface area contributed by atoms with Crippen molar-refractivity contribution < 1.29 is 9.53 Å². The summed E-state index contributed by atoms with van der Waals surface area (Å²) in [6, 6.07) is 15.5. The molecule has 0 aliphatic carbocycles. The molecule has 2 N–H and O–H groups in total. The highest BCUT2D eigenvalue weighted by atomic mass is 16.5. The van der Waals surface area contributed by atoms with Crippen LogP contribution in [0, 0.1) is 6.92 Å². The van der Waals surface area contributed by atoms with Crippen molar-refractivity contribution in [3.8, 4) is 5.75 Å². The lowest BCUT2D eigenvalue weighted by Crippen LogP contribution is -2.32. The van der Waals surface area contributed by atoms with Crippen LogP contribution in [0.15, 0.2) is 48.5 Å². The lowest BCUT2D eigenvalue weighted by atomic mass is 10.0. The van der Waals surface area contributed by atoms with Crippen LogP contribution in [0.5, 0.6) is 5.75 Å². The first-order valence-corrected chi connectivity index (χ1v) is 7.90. The Bertz CT molecular complexity index is 653. The van der Waals surface area contributed by atoms with Crippen LogP contribution in [0.3, 0.4) is 0 Å². The van der Waals surface area contributed by atoms with Gasteiger partial charge in [0, 0.05) is 5.69 Å². The number of carbonyl (C=O) groups excluding carboxylic acids is 1. The minimum atomic E-state index is -0.222. The number of nitrogens with one attached hydrogen (secondary N) is 2. The molecule has 0 atom stereocenters. The van der Waals surface area contributed by atoms with Crippen molar-refractivity contribution in [1.29, 1.82) is 0 Å². The molecule has 0 radical (unpaired) electrons. The minimum Gasteiger partial charge on any atom is -0.491 e. The fourth-order valence-electron chi connectivity index (χ4n) is 2.29. The van der Waals surface area contributed by atoms with Crippen molar-refractivity contribution in [3.05, 3.63) is 59.7 Å². The predicted molar refractivity (Wildman–Crippen MR) is 94.2 cm³/mol. The van der Waals surface area contributed by atoms with Gasteiger partial charge in [0.05, 0.1) is 6.54 Å². The first kappa shape index (κ1) is 16.9. The summed E-state index contributed by atoms with van der Waals surface area (Å²) >= 11 is 0. The Kier molecular flexibility index (Phi) is 6.03. The van der Waals surface area contributed by atoms with Crippen LogP contribution in [0.25, 0.3) is 0 Å². The number of benzene rings is 2. The number of rotatable bonds is 6. The maximum atomic E-state index is 11.9. The van der Waals surface area contributed by atoms with E-state index in [1.807, 2.05) is 49.4 Å². The lowest BCUT2D eigenvalue weighted by Gasteiger charge is -2.14. The molecular weight excluding hydrogens is 288 g/mol. The summed E-state index contributed by atoms with van der Waals surface area (Å²) in [4.78, 5) is 11.9.